The molecule has 0 saturated carbocycles. The molecular weight excluding hydrogens is 607 g/mol. The Morgan fingerprint density at radius 2 is 1.81 bits per heavy atom. The number of amides is 3. The smallest absolute Gasteiger partial charge is 0.410 e. The fourth-order valence-corrected chi connectivity index (χ4v) is 6.13. The van der Waals surface area contributed by atoms with E-state index >= 15 is 0 Å². The summed E-state index contributed by atoms with van der Waals surface area (Å²) in [4.78, 5) is 58.6. The van der Waals surface area contributed by atoms with Gasteiger partial charge in [0.2, 0.25) is 11.8 Å². The maximum atomic E-state index is 13.5. The number of piperidine rings is 2. The van der Waals surface area contributed by atoms with E-state index in [-0.39, 0.29) is 37.5 Å². The van der Waals surface area contributed by atoms with Crippen molar-refractivity contribution in [2.75, 3.05) is 39.5 Å². The van der Waals surface area contributed by atoms with Crippen molar-refractivity contribution in [1.29, 1.82) is 0 Å². The van der Waals surface area contributed by atoms with Crippen LogP contribution in [0.15, 0.2) is 42.7 Å². The molecule has 3 heterocycles. The molecule has 0 unspecified atom stereocenters. The molecule has 2 aliphatic heterocycles. The fraction of sp³-hybridized carbons (Fsp3) is 0.571. The third kappa shape index (κ3) is 10.7. The van der Waals surface area contributed by atoms with Gasteiger partial charge in [-0.2, -0.15) is 0 Å². The Morgan fingerprint density at radius 3 is 2.51 bits per heavy atom. The van der Waals surface area contributed by atoms with Crippen LogP contribution in [0.25, 0.3) is 11.1 Å². The van der Waals surface area contributed by atoms with Gasteiger partial charge in [0.25, 0.3) is 0 Å². The van der Waals surface area contributed by atoms with Gasteiger partial charge < -0.3 is 29.7 Å². The highest BCUT2D eigenvalue weighted by Gasteiger charge is 2.32. The predicted octanol–water partition coefficient (Wildman–Crippen LogP) is 5.39. The maximum absolute atomic E-state index is 13.5. The van der Waals surface area contributed by atoms with Gasteiger partial charge in [-0.15, -0.1) is 0 Å². The van der Waals surface area contributed by atoms with Crippen LogP contribution in [-0.2, 0) is 19.1 Å². The van der Waals surface area contributed by atoms with Crippen LogP contribution >= 0.6 is 0 Å². The summed E-state index contributed by atoms with van der Waals surface area (Å²) in [6.07, 6.45) is 6.48. The lowest BCUT2D eigenvalue weighted by Gasteiger charge is -2.35. The molecule has 0 bridgehead atoms. The highest BCUT2D eigenvalue weighted by Crippen LogP contribution is 2.32. The molecule has 2 fully saturated rings. The molecule has 0 aliphatic carbocycles. The van der Waals surface area contributed by atoms with Crippen LogP contribution in [0.3, 0.4) is 0 Å². The molecule has 0 spiro atoms. The van der Waals surface area contributed by atoms with Crippen molar-refractivity contribution in [1.82, 2.24) is 20.1 Å². The molecule has 2 aromatic rings. The zero-order chi connectivity index (χ0) is 34.0. The highest BCUT2D eigenvalue weighted by atomic mass is 19.1. The number of rotatable bonds is 12. The number of benzene rings is 1. The van der Waals surface area contributed by atoms with Crippen molar-refractivity contribution in [3.8, 4) is 16.9 Å². The van der Waals surface area contributed by atoms with E-state index in [0.29, 0.717) is 67.3 Å². The zero-order valence-electron chi connectivity index (χ0n) is 27.6. The second-order valence-corrected chi connectivity index (χ2v) is 13.3. The monoisotopic (exact) mass is 654 g/mol. The van der Waals surface area contributed by atoms with Gasteiger partial charge in [0, 0.05) is 56.1 Å². The maximum Gasteiger partial charge on any atom is 0.410 e. The number of para-hydroxylation sites is 1. The van der Waals surface area contributed by atoms with E-state index in [9.17, 15) is 28.7 Å². The number of likely N-dealkylation sites (tertiary alicyclic amines) is 2. The molecule has 3 amide bonds. The normalized spacial score (nSPS) is 17.9. The summed E-state index contributed by atoms with van der Waals surface area (Å²) in [5.74, 6) is -1.03. The number of carbonyl (C=O) groups excluding carboxylic acids is 3. The average Bonchev–Trinajstić information content (AvgIpc) is 3.05. The van der Waals surface area contributed by atoms with Gasteiger partial charge in [-0.1, -0.05) is 18.2 Å². The quantitative estimate of drug-likeness (QED) is 0.311. The Bertz CT molecular complexity index is 1390. The number of carboxylic acid groups (broad SMARTS) is 1. The first kappa shape index (κ1) is 35.6. The van der Waals surface area contributed by atoms with Gasteiger partial charge in [-0.05, 0) is 76.5 Å². The van der Waals surface area contributed by atoms with Crippen molar-refractivity contribution in [3.63, 3.8) is 0 Å². The van der Waals surface area contributed by atoms with E-state index in [1.54, 1.807) is 40.3 Å². The number of aromatic nitrogens is 1. The first-order chi connectivity index (χ1) is 22.4. The number of alkyl halides is 1. The summed E-state index contributed by atoms with van der Waals surface area (Å²) < 4.78 is 23.8. The molecule has 4 rings (SSSR count). The minimum atomic E-state index is -1.08. The summed E-state index contributed by atoms with van der Waals surface area (Å²) in [5, 5.41) is 12.6. The molecule has 2 N–H and O–H groups in total. The number of carbonyl (C=O) groups is 4. The van der Waals surface area contributed by atoms with E-state index in [4.69, 9.17) is 9.47 Å². The van der Waals surface area contributed by atoms with Crippen molar-refractivity contribution >= 4 is 23.9 Å². The van der Waals surface area contributed by atoms with E-state index in [1.807, 2.05) is 26.8 Å². The van der Waals surface area contributed by atoms with Crippen LogP contribution in [0, 0.1) is 11.8 Å². The average molecular weight is 655 g/mol. The number of pyridine rings is 1. The van der Waals surface area contributed by atoms with Gasteiger partial charge in [-0.25, -0.2) is 9.18 Å². The fourth-order valence-electron chi connectivity index (χ4n) is 6.13. The van der Waals surface area contributed by atoms with Gasteiger partial charge in [0.1, 0.15) is 24.6 Å². The molecule has 0 radical (unpaired) electrons. The van der Waals surface area contributed by atoms with Crippen molar-refractivity contribution in [3.05, 3.63) is 48.3 Å². The summed E-state index contributed by atoms with van der Waals surface area (Å²) in [5.41, 5.74) is 1.29. The molecule has 1 aromatic carbocycles. The summed E-state index contributed by atoms with van der Waals surface area (Å²) in [6.45, 7) is 6.87. The standard InChI is InChI=1S/C35H47FN4O7/c1-35(2,3)47-34(45)39-16-12-24(13-17-39)10-11-31(41)40-15-6-7-25(23-40)33(44)38-29(20-32(42)43)27-19-26(21-37-22-27)28-8-4-5-9-30(28)46-18-14-36/h4-5,8-9,19,21-22,24-25,29H,6-7,10-18,20,23H2,1-3H3,(H,38,44)(H,42,43)/t25-,29+/m1/s1. The Hall–Kier alpha value is -4.22. The molecule has 2 aliphatic rings. The van der Waals surface area contributed by atoms with Gasteiger partial charge >= 0.3 is 12.1 Å². The number of hydrogen-bond acceptors (Lipinski definition) is 7. The van der Waals surface area contributed by atoms with E-state index < -0.39 is 30.2 Å². The Kier molecular flexibility index (Phi) is 12.6. The van der Waals surface area contributed by atoms with Crippen LogP contribution in [-0.4, -0.2) is 88.8 Å². The van der Waals surface area contributed by atoms with Gasteiger partial charge in [-0.3, -0.25) is 19.4 Å². The van der Waals surface area contributed by atoms with Crippen molar-refractivity contribution < 1.29 is 38.1 Å². The third-order valence-corrected chi connectivity index (χ3v) is 8.57. The molecule has 47 heavy (non-hydrogen) atoms. The number of halogens is 1. The minimum Gasteiger partial charge on any atom is -0.490 e. The van der Waals surface area contributed by atoms with Crippen LogP contribution in [0.2, 0.25) is 0 Å². The number of nitrogens with one attached hydrogen (secondary N) is 1. The van der Waals surface area contributed by atoms with Crippen LogP contribution in [0.5, 0.6) is 5.75 Å². The minimum absolute atomic E-state index is 0.00436. The summed E-state index contributed by atoms with van der Waals surface area (Å²) in [7, 11) is 0. The van der Waals surface area contributed by atoms with Crippen LogP contribution < -0.4 is 10.1 Å². The third-order valence-electron chi connectivity index (χ3n) is 8.57. The molecule has 2 saturated heterocycles. The second kappa shape index (κ2) is 16.6. The summed E-state index contributed by atoms with van der Waals surface area (Å²) >= 11 is 0. The lowest BCUT2D eigenvalue weighted by molar-refractivity contribution is -0.138. The van der Waals surface area contributed by atoms with Crippen LogP contribution in [0.4, 0.5) is 9.18 Å². The molecule has 2 atom stereocenters. The Morgan fingerprint density at radius 1 is 1.06 bits per heavy atom. The lowest BCUT2D eigenvalue weighted by Crippen LogP contribution is -2.46. The lowest BCUT2D eigenvalue weighted by atomic mass is 9.91. The SMILES string of the molecule is CC(C)(C)OC(=O)N1CCC(CCC(=O)N2CCC[C@@H](C(=O)N[C@@H](CC(=O)O)c3cncc(-c4ccccc4OCCF)c3)C2)CC1. The number of carboxylic acids is 1. The predicted molar refractivity (Wildman–Crippen MR) is 173 cm³/mol. The Balaban J connectivity index is 1.33. The largest absolute Gasteiger partial charge is 0.490 e. The molecule has 256 valence electrons. The van der Waals surface area contributed by atoms with Crippen molar-refractivity contribution in [2.24, 2.45) is 11.8 Å². The number of hydrogen-bond donors (Lipinski definition) is 2. The highest BCUT2D eigenvalue weighted by molar-refractivity contribution is 5.82. The first-order valence-corrected chi connectivity index (χ1v) is 16.4. The second-order valence-electron chi connectivity index (χ2n) is 13.3. The van der Waals surface area contributed by atoms with E-state index in [0.717, 1.165) is 19.3 Å². The number of ether oxygens (including phenoxy) is 2. The molecular formula is C35H47FN4O7. The molecule has 1 aromatic heterocycles. The zero-order valence-corrected chi connectivity index (χ0v) is 27.6. The first-order valence-electron chi connectivity index (χ1n) is 16.4. The van der Waals surface area contributed by atoms with Crippen LogP contribution in [0.1, 0.15) is 77.3 Å². The van der Waals surface area contributed by atoms with E-state index in [1.165, 1.54) is 6.20 Å². The van der Waals surface area contributed by atoms with Gasteiger partial charge in [0.05, 0.1) is 18.4 Å². The Labute approximate surface area is 275 Å². The van der Waals surface area contributed by atoms with E-state index in [2.05, 4.69) is 10.3 Å². The topological polar surface area (TPSA) is 138 Å². The molecule has 11 nitrogen and oxygen atoms in total. The van der Waals surface area contributed by atoms with Gasteiger partial charge in [0.15, 0.2) is 0 Å². The number of nitrogens with zero attached hydrogens (tertiary/aromatic N) is 3. The summed E-state index contributed by atoms with van der Waals surface area (Å²) in [6, 6.07) is 8.03. The molecule has 12 heteroatoms. The number of aliphatic carboxylic acids is 1. The van der Waals surface area contributed by atoms with Crippen molar-refractivity contribution in [2.45, 2.75) is 77.4 Å².